The Kier molecular flexibility index (Phi) is 5.15. The van der Waals surface area contributed by atoms with Gasteiger partial charge in [-0.1, -0.05) is 11.6 Å². The maximum Gasteiger partial charge on any atom is 0.165 e. The van der Waals surface area contributed by atoms with E-state index in [1.807, 2.05) is 19.1 Å². The zero-order valence-electron chi connectivity index (χ0n) is 12.3. The van der Waals surface area contributed by atoms with Crippen molar-refractivity contribution >= 4 is 0 Å². The number of ether oxygens (including phenoxy) is 1. The lowest BCUT2D eigenvalue weighted by atomic mass is 9.97. The Morgan fingerprint density at radius 3 is 2.75 bits per heavy atom. The third-order valence-corrected chi connectivity index (χ3v) is 3.69. The minimum absolute atomic E-state index is 0.240. The first-order valence-corrected chi connectivity index (χ1v) is 7.04. The number of benzene rings is 1. The van der Waals surface area contributed by atoms with Gasteiger partial charge in [-0.05, 0) is 31.0 Å². The van der Waals surface area contributed by atoms with Crippen LogP contribution in [0.4, 0.5) is 4.39 Å². The molecular weight excluding hydrogens is 255 g/mol. The van der Waals surface area contributed by atoms with Gasteiger partial charge in [-0.3, -0.25) is 4.90 Å². The van der Waals surface area contributed by atoms with Gasteiger partial charge in [0.05, 0.1) is 7.11 Å². The molecule has 1 aliphatic heterocycles. The molecule has 4 heteroatoms. The first-order chi connectivity index (χ1) is 9.61. The molecule has 1 aliphatic rings. The van der Waals surface area contributed by atoms with Gasteiger partial charge in [-0.2, -0.15) is 0 Å². The monoisotopic (exact) mass is 278 g/mol. The third-order valence-electron chi connectivity index (χ3n) is 3.69. The van der Waals surface area contributed by atoms with Crippen molar-refractivity contribution in [3.8, 4) is 5.75 Å². The summed E-state index contributed by atoms with van der Waals surface area (Å²) in [4.78, 5) is 2.43. The van der Waals surface area contributed by atoms with Gasteiger partial charge in [-0.15, -0.1) is 6.58 Å². The van der Waals surface area contributed by atoms with E-state index in [-0.39, 0.29) is 11.9 Å². The highest BCUT2D eigenvalue weighted by Crippen LogP contribution is 2.30. The Bertz CT molecular complexity index is 470. The molecule has 0 unspecified atom stereocenters. The lowest BCUT2D eigenvalue weighted by molar-refractivity contribution is 0.172. The summed E-state index contributed by atoms with van der Waals surface area (Å²) in [5, 5.41) is 3.36. The quantitative estimate of drug-likeness (QED) is 0.838. The molecule has 110 valence electrons. The van der Waals surface area contributed by atoms with Crippen molar-refractivity contribution in [2.75, 3.05) is 33.3 Å². The van der Waals surface area contributed by atoms with Crippen molar-refractivity contribution < 1.29 is 9.13 Å². The number of methoxy groups -OCH3 is 1. The highest BCUT2D eigenvalue weighted by Gasteiger charge is 2.23. The molecule has 1 fully saturated rings. The van der Waals surface area contributed by atoms with E-state index in [0.717, 1.165) is 43.7 Å². The normalized spacial score (nSPS) is 17.8. The molecule has 20 heavy (non-hydrogen) atoms. The highest BCUT2D eigenvalue weighted by molar-refractivity contribution is 5.33. The van der Waals surface area contributed by atoms with Gasteiger partial charge in [0.25, 0.3) is 0 Å². The average Bonchev–Trinajstić information content (AvgIpc) is 2.46. The molecule has 0 bridgehead atoms. The minimum Gasteiger partial charge on any atom is -0.494 e. The summed E-state index contributed by atoms with van der Waals surface area (Å²) in [7, 11) is 1.50. The highest BCUT2D eigenvalue weighted by atomic mass is 19.1. The Labute approximate surface area is 120 Å². The largest absolute Gasteiger partial charge is 0.494 e. The molecule has 0 saturated carbocycles. The second kappa shape index (κ2) is 6.86. The number of hydrogen-bond acceptors (Lipinski definition) is 3. The molecule has 1 atom stereocenters. The van der Waals surface area contributed by atoms with Gasteiger partial charge in [0.15, 0.2) is 11.6 Å². The smallest absolute Gasteiger partial charge is 0.165 e. The van der Waals surface area contributed by atoms with Crippen molar-refractivity contribution in [1.82, 2.24) is 10.2 Å². The number of piperazine rings is 1. The Balaban J connectivity index is 2.27. The van der Waals surface area contributed by atoms with Crippen LogP contribution in [0.1, 0.15) is 24.9 Å². The fraction of sp³-hybridized carbons (Fsp3) is 0.500. The molecule has 1 saturated heterocycles. The van der Waals surface area contributed by atoms with Crippen LogP contribution in [0.3, 0.4) is 0 Å². The second-order valence-electron chi connectivity index (χ2n) is 5.36. The molecular formula is C16H23FN2O. The number of nitrogens with zero attached hydrogens (tertiary/aromatic N) is 1. The first kappa shape index (κ1) is 15.0. The Hall–Kier alpha value is -1.39. The van der Waals surface area contributed by atoms with E-state index >= 15 is 0 Å². The van der Waals surface area contributed by atoms with Gasteiger partial charge in [0.2, 0.25) is 0 Å². The summed E-state index contributed by atoms with van der Waals surface area (Å²) >= 11 is 0. The lowest BCUT2D eigenvalue weighted by Gasteiger charge is -2.35. The van der Waals surface area contributed by atoms with Crippen LogP contribution in [0.5, 0.6) is 5.75 Å². The summed E-state index contributed by atoms with van der Waals surface area (Å²) in [6, 6.07) is 5.39. The second-order valence-corrected chi connectivity index (χ2v) is 5.36. The van der Waals surface area contributed by atoms with E-state index in [4.69, 9.17) is 4.74 Å². The van der Waals surface area contributed by atoms with Crippen LogP contribution in [-0.2, 0) is 0 Å². The summed E-state index contributed by atoms with van der Waals surface area (Å²) in [5.41, 5.74) is 2.23. The summed E-state index contributed by atoms with van der Waals surface area (Å²) in [5.74, 6) is -0.00464. The molecule has 1 heterocycles. The molecule has 0 radical (unpaired) electrons. The summed E-state index contributed by atoms with van der Waals surface area (Å²) in [6.07, 6.45) is 0.884. The van der Waals surface area contributed by atoms with Crippen LogP contribution in [-0.4, -0.2) is 38.2 Å². The molecule has 1 aromatic carbocycles. The molecule has 1 N–H and O–H groups in total. The SMILES string of the molecule is C=C(C)C[C@H](c1ccc(F)c(OC)c1)N1CCNCC1. The molecule has 0 aliphatic carbocycles. The van der Waals surface area contributed by atoms with Crippen molar-refractivity contribution in [3.63, 3.8) is 0 Å². The third kappa shape index (κ3) is 3.58. The number of rotatable bonds is 5. The Morgan fingerprint density at radius 1 is 1.45 bits per heavy atom. The summed E-state index contributed by atoms with van der Waals surface area (Å²) < 4.78 is 18.7. The maximum absolute atomic E-state index is 13.6. The average molecular weight is 278 g/mol. The lowest BCUT2D eigenvalue weighted by Crippen LogP contribution is -2.45. The van der Waals surface area contributed by atoms with Crippen LogP contribution in [0.15, 0.2) is 30.4 Å². The van der Waals surface area contributed by atoms with Gasteiger partial charge in [0.1, 0.15) is 0 Å². The van der Waals surface area contributed by atoms with E-state index in [9.17, 15) is 4.39 Å². The van der Waals surface area contributed by atoms with Gasteiger partial charge < -0.3 is 10.1 Å². The van der Waals surface area contributed by atoms with Crippen molar-refractivity contribution in [1.29, 1.82) is 0 Å². The van der Waals surface area contributed by atoms with E-state index in [0.29, 0.717) is 5.75 Å². The van der Waals surface area contributed by atoms with Crippen molar-refractivity contribution in [2.45, 2.75) is 19.4 Å². The van der Waals surface area contributed by atoms with Crippen LogP contribution in [0, 0.1) is 5.82 Å². The number of halogens is 1. The van der Waals surface area contributed by atoms with Crippen molar-refractivity contribution in [2.24, 2.45) is 0 Å². The number of hydrogen-bond donors (Lipinski definition) is 1. The van der Waals surface area contributed by atoms with Crippen LogP contribution in [0.2, 0.25) is 0 Å². The minimum atomic E-state index is -0.314. The number of nitrogens with one attached hydrogen (secondary N) is 1. The molecule has 1 aromatic rings. The molecule has 0 amide bonds. The zero-order valence-corrected chi connectivity index (χ0v) is 12.3. The fourth-order valence-electron chi connectivity index (χ4n) is 2.67. The van der Waals surface area contributed by atoms with Gasteiger partial charge in [-0.25, -0.2) is 4.39 Å². The van der Waals surface area contributed by atoms with E-state index in [1.165, 1.54) is 13.2 Å². The summed E-state index contributed by atoms with van der Waals surface area (Å²) in [6.45, 7) is 10.0. The van der Waals surface area contributed by atoms with Gasteiger partial charge >= 0.3 is 0 Å². The Morgan fingerprint density at radius 2 is 2.15 bits per heavy atom. The fourth-order valence-corrected chi connectivity index (χ4v) is 2.67. The topological polar surface area (TPSA) is 24.5 Å². The van der Waals surface area contributed by atoms with E-state index in [1.54, 1.807) is 0 Å². The molecule has 2 rings (SSSR count). The molecule has 0 aromatic heterocycles. The van der Waals surface area contributed by atoms with Crippen molar-refractivity contribution in [3.05, 3.63) is 41.7 Å². The predicted octanol–water partition coefficient (Wildman–Crippen LogP) is 2.75. The van der Waals surface area contributed by atoms with Crippen LogP contribution < -0.4 is 10.1 Å². The molecule has 0 spiro atoms. The first-order valence-electron chi connectivity index (χ1n) is 7.04. The van der Waals surface area contributed by atoms with E-state index < -0.39 is 0 Å². The molecule has 3 nitrogen and oxygen atoms in total. The standard InChI is InChI=1S/C16H23FN2O/c1-12(2)10-15(19-8-6-18-7-9-19)13-4-5-14(17)16(11-13)20-3/h4-5,11,15,18H,1,6-10H2,2-3H3/t15-/m1/s1. The predicted molar refractivity (Wildman–Crippen MR) is 79.6 cm³/mol. The zero-order chi connectivity index (χ0) is 14.5. The van der Waals surface area contributed by atoms with Crippen LogP contribution in [0.25, 0.3) is 0 Å². The van der Waals surface area contributed by atoms with Gasteiger partial charge in [0, 0.05) is 32.2 Å². The van der Waals surface area contributed by atoms with Crippen LogP contribution >= 0.6 is 0 Å². The van der Waals surface area contributed by atoms with E-state index in [2.05, 4.69) is 16.8 Å². The maximum atomic E-state index is 13.6.